The molecule has 51 heavy (non-hydrogen) atoms. The first-order valence-electron chi connectivity index (χ1n) is 16.8. The third-order valence-corrected chi connectivity index (χ3v) is 10.8. The second kappa shape index (κ2) is 17.0. The molecular formula is C36H42Cl2N6O6S. The highest BCUT2D eigenvalue weighted by Crippen LogP contribution is 2.28. The summed E-state index contributed by atoms with van der Waals surface area (Å²) in [6.07, 6.45) is 2.14. The molecule has 2 aliphatic heterocycles. The van der Waals surface area contributed by atoms with Crippen molar-refractivity contribution in [2.75, 3.05) is 31.6 Å². The van der Waals surface area contributed by atoms with Gasteiger partial charge in [-0.05, 0) is 85.7 Å². The van der Waals surface area contributed by atoms with Crippen molar-refractivity contribution in [3.8, 4) is 0 Å². The molecular weight excluding hydrogens is 715 g/mol. The third kappa shape index (κ3) is 10.5. The van der Waals surface area contributed by atoms with Gasteiger partial charge in [0.05, 0.1) is 14.9 Å². The number of nitrogens with one attached hydrogen (secondary N) is 3. The minimum atomic E-state index is -3.86. The van der Waals surface area contributed by atoms with Gasteiger partial charge in [-0.2, -0.15) is 0 Å². The lowest BCUT2D eigenvalue weighted by atomic mass is 10.0. The second-order valence-corrected chi connectivity index (χ2v) is 15.4. The Morgan fingerprint density at radius 1 is 0.843 bits per heavy atom. The predicted octanol–water partition coefficient (Wildman–Crippen LogP) is 2.98. The van der Waals surface area contributed by atoms with E-state index in [2.05, 4.69) is 16.0 Å². The van der Waals surface area contributed by atoms with Gasteiger partial charge in [0, 0.05) is 44.2 Å². The number of nitrogens with two attached hydrogens (primary N) is 1. The minimum absolute atomic E-state index is 0.0102. The van der Waals surface area contributed by atoms with Crippen LogP contribution in [0.1, 0.15) is 42.4 Å². The van der Waals surface area contributed by atoms with Crippen LogP contribution in [0.5, 0.6) is 0 Å². The first kappa shape index (κ1) is 38.2. The van der Waals surface area contributed by atoms with Crippen LogP contribution in [0.4, 0.5) is 5.69 Å². The van der Waals surface area contributed by atoms with Crippen LogP contribution < -0.4 is 26.0 Å². The molecule has 0 spiro atoms. The molecule has 2 bridgehead atoms. The van der Waals surface area contributed by atoms with Gasteiger partial charge in [0.15, 0.2) is 0 Å². The number of hydrogen-bond donors (Lipinski definition) is 4. The van der Waals surface area contributed by atoms with E-state index in [1.165, 1.54) is 17.0 Å². The zero-order valence-electron chi connectivity index (χ0n) is 28.2. The van der Waals surface area contributed by atoms with Crippen molar-refractivity contribution in [2.45, 2.75) is 68.0 Å². The van der Waals surface area contributed by atoms with Crippen molar-refractivity contribution >= 4 is 62.5 Å². The molecule has 0 aliphatic carbocycles. The maximum atomic E-state index is 14.1. The Morgan fingerprint density at radius 3 is 2.27 bits per heavy atom. The Hall–Kier alpha value is -4.01. The molecule has 3 atom stereocenters. The average Bonchev–Trinajstić information content (AvgIpc) is 3.20. The fourth-order valence-corrected chi connectivity index (χ4v) is 7.30. The number of fused-ring (bicyclic) bond motifs is 4. The summed E-state index contributed by atoms with van der Waals surface area (Å²) in [5.74, 6) is -1.39. The highest BCUT2D eigenvalue weighted by atomic mass is 35.5. The third-order valence-electron chi connectivity index (χ3n) is 9.13. The lowest BCUT2D eigenvalue weighted by Gasteiger charge is -2.28. The van der Waals surface area contributed by atoms with Crippen molar-refractivity contribution in [1.82, 2.24) is 20.9 Å². The van der Waals surface area contributed by atoms with Gasteiger partial charge in [-0.3, -0.25) is 19.2 Å². The highest BCUT2D eigenvalue weighted by molar-refractivity contribution is 7.89. The van der Waals surface area contributed by atoms with Gasteiger partial charge >= 0.3 is 0 Å². The Bertz CT molecular complexity index is 1880. The van der Waals surface area contributed by atoms with Crippen molar-refractivity contribution in [2.24, 2.45) is 5.14 Å². The van der Waals surface area contributed by atoms with Crippen LogP contribution in [0, 0.1) is 0 Å². The molecule has 1 saturated heterocycles. The van der Waals surface area contributed by atoms with Crippen LogP contribution >= 0.6 is 23.2 Å². The van der Waals surface area contributed by atoms with E-state index in [9.17, 15) is 27.6 Å². The topological polar surface area (TPSA) is 171 Å². The van der Waals surface area contributed by atoms with Gasteiger partial charge in [-0.15, -0.1) is 0 Å². The van der Waals surface area contributed by atoms with E-state index in [1.54, 1.807) is 54.4 Å². The summed E-state index contributed by atoms with van der Waals surface area (Å²) >= 11 is 12.4. The number of aryl methyl sites for hydroxylation is 1. The zero-order chi connectivity index (χ0) is 36.7. The van der Waals surface area contributed by atoms with Crippen molar-refractivity contribution in [3.05, 3.63) is 93.5 Å². The normalized spacial score (nSPS) is 21.5. The lowest BCUT2D eigenvalue weighted by Crippen LogP contribution is -2.52. The number of carbonyl (C=O) groups excluding carboxylic acids is 4. The number of para-hydroxylation sites is 1. The SMILES string of the molecule is CN1CCCN[C@@H](Cc2ccc(S(N)(=O)=O)cc2)CC(=O)N[C@H]2CCc3ccccc3N(CC(=O)N[C@H](Cc3ccc(Cl)c(Cl)c3)CC1=O)C2=O. The number of rotatable bonds is 5. The van der Waals surface area contributed by atoms with Crippen molar-refractivity contribution in [3.63, 3.8) is 0 Å². The lowest BCUT2D eigenvalue weighted by molar-refractivity contribution is -0.131. The van der Waals surface area contributed by atoms with Gasteiger partial charge in [-0.1, -0.05) is 59.6 Å². The monoisotopic (exact) mass is 756 g/mol. The Balaban J connectivity index is 1.41. The number of carbonyl (C=O) groups is 4. The minimum Gasteiger partial charge on any atom is -0.351 e. The van der Waals surface area contributed by atoms with Crippen LogP contribution in [0.3, 0.4) is 0 Å². The number of primary sulfonamides is 1. The highest BCUT2D eigenvalue weighted by Gasteiger charge is 2.33. The van der Waals surface area contributed by atoms with Gasteiger partial charge in [0.1, 0.15) is 12.6 Å². The van der Waals surface area contributed by atoms with Gasteiger partial charge in [0.2, 0.25) is 33.7 Å². The van der Waals surface area contributed by atoms with Gasteiger partial charge in [0.25, 0.3) is 0 Å². The van der Waals surface area contributed by atoms with Crippen LogP contribution in [-0.2, 0) is 48.5 Å². The molecule has 2 aliphatic rings. The summed E-state index contributed by atoms with van der Waals surface area (Å²) in [7, 11) is -2.16. The van der Waals surface area contributed by atoms with E-state index in [-0.39, 0.29) is 42.1 Å². The van der Waals surface area contributed by atoms with E-state index < -0.39 is 33.9 Å². The zero-order valence-corrected chi connectivity index (χ0v) is 30.6. The quantitative estimate of drug-likeness (QED) is 0.310. The predicted molar refractivity (Wildman–Crippen MR) is 196 cm³/mol. The summed E-state index contributed by atoms with van der Waals surface area (Å²) in [6.45, 7) is 0.574. The standard InChI is InChI=1S/C36H42Cl2N6O6S/c1-43-16-4-15-40-26(17-23-7-11-28(12-8-23)51(39,49)50)20-33(45)42-31-14-10-25-5-2-3-6-32(25)44(36(31)48)22-34(46)41-27(21-35(43)47)18-24-9-13-29(37)30(38)19-24/h2-3,5-9,11-13,19,26-27,31,40H,4,10,14-18,20-22H2,1H3,(H,41,46)(H,42,45)(H2,39,49,50)/t26-,27+,31-/m0/s1. The Labute approximate surface area is 308 Å². The molecule has 3 aromatic carbocycles. The number of nitrogens with zero attached hydrogens (tertiary/aromatic N) is 2. The number of hydrogen-bond acceptors (Lipinski definition) is 7. The number of sulfonamides is 1. The second-order valence-electron chi connectivity index (χ2n) is 13.1. The van der Waals surface area contributed by atoms with E-state index in [0.29, 0.717) is 60.9 Å². The molecule has 2 heterocycles. The maximum Gasteiger partial charge on any atom is 0.250 e. The molecule has 0 saturated carbocycles. The summed E-state index contributed by atoms with van der Waals surface area (Å²) in [5.41, 5.74) is 3.02. The van der Waals surface area contributed by atoms with E-state index in [4.69, 9.17) is 28.3 Å². The van der Waals surface area contributed by atoms with Crippen LogP contribution in [0.15, 0.2) is 71.6 Å². The number of benzene rings is 3. The maximum absolute atomic E-state index is 14.1. The van der Waals surface area contributed by atoms with Crippen LogP contribution in [0.2, 0.25) is 10.0 Å². The largest absolute Gasteiger partial charge is 0.351 e. The molecule has 272 valence electrons. The summed E-state index contributed by atoms with van der Waals surface area (Å²) in [5, 5.41) is 15.3. The summed E-state index contributed by atoms with van der Waals surface area (Å²) < 4.78 is 23.5. The molecule has 5 rings (SSSR count). The molecule has 0 unspecified atom stereocenters. The Morgan fingerprint density at radius 2 is 1.55 bits per heavy atom. The van der Waals surface area contributed by atoms with Gasteiger partial charge < -0.3 is 25.8 Å². The molecule has 4 amide bonds. The molecule has 12 nitrogen and oxygen atoms in total. The van der Waals surface area contributed by atoms with Crippen LogP contribution in [0.25, 0.3) is 0 Å². The van der Waals surface area contributed by atoms with E-state index in [1.807, 2.05) is 12.1 Å². The molecule has 15 heteroatoms. The Kier molecular flexibility index (Phi) is 12.7. The van der Waals surface area contributed by atoms with Crippen molar-refractivity contribution < 1.29 is 27.6 Å². The van der Waals surface area contributed by atoms with E-state index in [0.717, 1.165) is 16.7 Å². The number of anilines is 1. The first-order valence-corrected chi connectivity index (χ1v) is 19.1. The van der Waals surface area contributed by atoms with E-state index >= 15 is 0 Å². The molecule has 0 radical (unpaired) electrons. The fourth-order valence-electron chi connectivity index (χ4n) is 6.46. The smallest absolute Gasteiger partial charge is 0.250 e. The molecule has 3 aromatic rings. The fraction of sp³-hybridized carbons (Fsp3) is 0.389. The van der Waals surface area contributed by atoms with Crippen LogP contribution in [-0.4, -0.2) is 81.8 Å². The average molecular weight is 758 g/mol. The van der Waals surface area contributed by atoms with Gasteiger partial charge in [-0.25, -0.2) is 13.6 Å². The summed E-state index contributed by atoms with van der Waals surface area (Å²) in [4.78, 5) is 57.8. The molecule has 1 fully saturated rings. The molecule has 0 aromatic heterocycles. The number of halogens is 2. The first-order chi connectivity index (χ1) is 24.3. The number of amides is 4. The molecule has 5 N–H and O–H groups in total. The van der Waals surface area contributed by atoms with Crippen molar-refractivity contribution in [1.29, 1.82) is 0 Å². The summed E-state index contributed by atoms with van der Waals surface area (Å²) in [6, 6.07) is 16.8.